The Morgan fingerprint density at radius 1 is 1.42 bits per heavy atom. The molecule has 0 aliphatic carbocycles. The summed E-state index contributed by atoms with van der Waals surface area (Å²) >= 11 is 5.60. The Hall–Kier alpha value is -2.21. The van der Waals surface area contributed by atoms with Crippen LogP contribution in [0.25, 0.3) is 0 Å². The third-order valence-corrected chi connectivity index (χ3v) is 2.46. The van der Waals surface area contributed by atoms with Crippen LogP contribution in [0.3, 0.4) is 0 Å². The SMILES string of the molecule is Cc1cc(C(=O)O)nc(Oc2cccc(Cl)c2F)n1. The molecule has 0 amide bonds. The van der Waals surface area contributed by atoms with Crippen molar-refractivity contribution in [3.63, 3.8) is 0 Å². The molecule has 2 rings (SSSR count). The zero-order valence-electron chi connectivity index (χ0n) is 9.72. The summed E-state index contributed by atoms with van der Waals surface area (Å²) < 4.78 is 18.7. The fraction of sp³-hybridized carbons (Fsp3) is 0.0833. The summed E-state index contributed by atoms with van der Waals surface area (Å²) in [5.74, 6) is -2.15. The minimum Gasteiger partial charge on any atom is -0.477 e. The molecule has 1 aromatic carbocycles. The molecule has 0 fully saturated rings. The normalized spacial score (nSPS) is 10.3. The number of rotatable bonds is 3. The minimum atomic E-state index is -1.22. The zero-order chi connectivity index (χ0) is 14.0. The summed E-state index contributed by atoms with van der Waals surface area (Å²) in [6.45, 7) is 1.58. The van der Waals surface area contributed by atoms with Crippen LogP contribution in [-0.4, -0.2) is 21.0 Å². The molecule has 0 aliphatic rings. The van der Waals surface area contributed by atoms with E-state index < -0.39 is 11.8 Å². The van der Waals surface area contributed by atoms with Crippen molar-refractivity contribution < 1.29 is 19.0 Å². The predicted molar refractivity (Wildman–Crippen MR) is 65.2 cm³/mol. The quantitative estimate of drug-likeness (QED) is 0.936. The van der Waals surface area contributed by atoms with Crippen LogP contribution in [0.5, 0.6) is 11.8 Å². The Kier molecular flexibility index (Phi) is 3.62. The lowest BCUT2D eigenvalue weighted by atomic mass is 10.3. The van der Waals surface area contributed by atoms with Gasteiger partial charge in [-0.15, -0.1) is 0 Å². The maximum atomic E-state index is 13.6. The molecule has 19 heavy (non-hydrogen) atoms. The molecule has 1 aromatic heterocycles. The van der Waals surface area contributed by atoms with E-state index >= 15 is 0 Å². The van der Waals surface area contributed by atoms with Crippen molar-refractivity contribution in [2.75, 3.05) is 0 Å². The lowest BCUT2D eigenvalue weighted by molar-refractivity contribution is 0.0689. The second-order valence-electron chi connectivity index (χ2n) is 3.64. The Labute approximate surface area is 112 Å². The third kappa shape index (κ3) is 2.97. The van der Waals surface area contributed by atoms with Crippen molar-refractivity contribution in [1.29, 1.82) is 0 Å². The first-order valence-corrected chi connectivity index (χ1v) is 5.56. The van der Waals surface area contributed by atoms with E-state index in [2.05, 4.69) is 9.97 Å². The van der Waals surface area contributed by atoms with Gasteiger partial charge in [0.05, 0.1) is 5.02 Å². The van der Waals surface area contributed by atoms with E-state index in [4.69, 9.17) is 21.4 Å². The molecular formula is C12H8ClFN2O3. The van der Waals surface area contributed by atoms with Crippen molar-refractivity contribution in [1.82, 2.24) is 9.97 Å². The lowest BCUT2D eigenvalue weighted by Crippen LogP contribution is -2.04. The van der Waals surface area contributed by atoms with Crippen LogP contribution in [0.1, 0.15) is 16.2 Å². The number of carboxylic acid groups (broad SMARTS) is 1. The first-order chi connectivity index (χ1) is 8.97. The highest BCUT2D eigenvalue weighted by molar-refractivity contribution is 6.30. The molecule has 1 N–H and O–H groups in total. The molecule has 98 valence electrons. The van der Waals surface area contributed by atoms with Crippen molar-refractivity contribution in [2.45, 2.75) is 6.92 Å². The van der Waals surface area contributed by atoms with Crippen molar-refractivity contribution in [3.8, 4) is 11.8 Å². The molecule has 0 unspecified atom stereocenters. The topological polar surface area (TPSA) is 72.3 Å². The van der Waals surface area contributed by atoms with E-state index in [0.717, 1.165) is 0 Å². The largest absolute Gasteiger partial charge is 0.477 e. The average Bonchev–Trinajstić information content (AvgIpc) is 2.34. The molecule has 0 spiro atoms. The van der Waals surface area contributed by atoms with Crippen LogP contribution >= 0.6 is 11.6 Å². The molecule has 7 heteroatoms. The Morgan fingerprint density at radius 3 is 2.84 bits per heavy atom. The summed E-state index contributed by atoms with van der Waals surface area (Å²) in [6.07, 6.45) is 0. The number of benzene rings is 1. The maximum absolute atomic E-state index is 13.6. The Morgan fingerprint density at radius 2 is 2.16 bits per heavy atom. The van der Waals surface area contributed by atoms with Gasteiger partial charge in [-0.1, -0.05) is 17.7 Å². The summed E-state index contributed by atoms with van der Waals surface area (Å²) in [5.41, 5.74) is 0.162. The minimum absolute atomic E-state index is 0.108. The number of hydrogen-bond donors (Lipinski definition) is 1. The number of aromatic nitrogens is 2. The van der Waals surface area contributed by atoms with Gasteiger partial charge in [0, 0.05) is 5.69 Å². The van der Waals surface area contributed by atoms with Crippen molar-refractivity contribution in [3.05, 3.63) is 46.5 Å². The number of hydrogen-bond acceptors (Lipinski definition) is 4. The Balaban J connectivity index is 2.38. The highest BCUT2D eigenvalue weighted by atomic mass is 35.5. The first kappa shape index (κ1) is 13.2. The molecule has 0 atom stereocenters. The summed E-state index contributed by atoms with van der Waals surface area (Å²) in [7, 11) is 0. The summed E-state index contributed by atoms with van der Waals surface area (Å²) in [4.78, 5) is 18.4. The number of carboxylic acids is 1. The van der Waals surface area contributed by atoms with Crippen molar-refractivity contribution in [2.24, 2.45) is 0 Å². The van der Waals surface area contributed by atoms with Gasteiger partial charge in [-0.05, 0) is 25.1 Å². The average molecular weight is 283 g/mol. The molecule has 0 saturated carbocycles. The van der Waals surface area contributed by atoms with Gasteiger partial charge in [0.1, 0.15) is 0 Å². The molecule has 0 aliphatic heterocycles. The van der Waals surface area contributed by atoms with Gasteiger partial charge in [-0.3, -0.25) is 0 Å². The van der Waals surface area contributed by atoms with Crippen LogP contribution in [0.15, 0.2) is 24.3 Å². The van der Waals surface area contributed by atoms with E-state index in [1.54, 1.807) is 6.92 Å². The van der Waals surface area contributed by atoms with Gasteiger partial charge >= 0.3 is 12.0 Å². The maximum Gasteiger partial charge on any atom is 0.354 e. The van der Waals surface area contributed by atoms with Crippen molar-refractivity contribution >= 4 is 17.6 Å². The van der Waals surface area contributed by atoms with E-state index in [1.165, 1.54) is 24.3 Å². The number of aromatic carboxylic acids is 1. The fourth-order valence-electron chi connectivity index (χ4n) is 1.36. The van der Waals surface area contributed by atoms with Crippen LogP contribution in [-0.2, 0) is 0 Å². The van der Waals surface area contributed by atoms with Crippen LogP contribution in [0, 0.1) is 12.7 Å². The van der Waals surface area contributed by atoms with E-state index in [-0.39, 0.29) is 22.5 Å². The predicted octanol–water partition coefficient (Wildman–Crippen LogP) is 3.07. The molecule has 5 nitrogen and oxygen atoms in total. The summed E-state index contributed by atoms with van der Waals surface area (Å²) in [6, 6.07) is 5.23. The zero-order valence-corrected chi connectivity index (χ0v) is 10.5. The second-order valence-corrected chi connectivity index (χ2v) is 4.04. The van der Waals surface area contributed by atoms with Crippen LogP contribution in [0.4, 0.5) is 4.39 Å². The standard InChI is InChI=1S/C12H8ClFN2O3/c1-6-5-8(11(17)18)16-12(15-6)19-9-4-2-3-7(13)10(9)14/h2-5H,1H3,(H,17,18). The van der Waals surface area contributed by atoms with E-state index in [0.29, 0.717) is 5.69 Å². The van der Waals surface area contributed by atoms with E-state index in [1.807, 2.05) is 0 Å². The van der Waals surface area contributed by atoms with Gasteiger partial charge < -0.3 is 9.84 Å². The van der Waals surface area contributed by atoms with Crippen LogP contribution in [0.2, 0.25) is 5.02 Å². The van der Waals surface area contributed by atoms with Gasteiger partial charge in [0.2, 0.25) is 0 Å². The number of carbonyl (C=O) groups is 1. The molecule has 0 saturated heterocycles. The highest BCUT2D eigenvalue weighted by Gasteiger charge is 2.13. The third-order valence-electron chi connectivity index (χ3n) is 2.17. The molecule has 2 aromatic rings. The van der Waals surface area contributed by atoms with Crippen LogP contribution < -0.4 is 4.74 Å². The molecule has 0 bridgehead atoms. The molecular weight excluding hydrogens is 275 g/mol. The lowest BCUT2D eigenvalue weighted by Gasteiger charge is -2.07. The fourth-order valence-corrected chi connectivity index (χ4v) is 1.52. The monoisotopic (exact) mass is 282 g/mol. The highest BCUT2D eigenvalue weighted by Crippen LogP contribution is 2.27. The van der Waals surface area contributed by atoms with Gasteiger partial charge in [0.25, 0.3) is 0 Å². The molecule has 1 heterocycles. The van der Waals surface area contributed by atoms with Gasteiger partial charge in [-0.25, -0.2) is 14.2 Å². The number of ether oxygens (including phenoxy) is 1. The Bertz CT molecular complexity index is 649. The smallest absolute Gasteiger partial charge is 0.354 e. The first-order valence-electron chi connectivity index (χ1n) is 5.18. The second kappa shape index (κ2) is 5.19. The number of nitrogens with zero attached hydrogens (tertiary/aromatic N) is 2. The van der Waals surface area contributed by atoms with Gasteiger partial charge in [-0.2, -0.15) is 4.98 Å². The van der Waals surface area contributed by atoms with E-state index in [9.17, 15) is 9.18 Å². The number of aryl methyl sites for hydroxylation is 1. The molecule has 0 radical (unpaired) electrons. The number of halogens is 2. The summed E-state index contributed by atoms with van der Waals surface area (Å²) in [5, 5.41) is 8.75. The van der Waals surface area contributed by atoms with Gasteiger partial charge in [0.15, 0.2) is 17.3 Å².